The molecule has 0 spiro atoms. The molecule has 4 aromatic rings. The maximum absolute atomic E-state index is 13.2. The Hall–Kier alpha value is -2.92. The normalized spacial score (nSPS) is 12.5. The van der Waals surface area contributed by atoms with Gasteiger partial charge in [-0.3, -0.25) is 4.79 Å². The van der Waals surface area contributed by atoms with Gasteiger partial charge in [0.2, 0.25) is 5.78 Å². The zero-order chi connectivity index (χ0) is 18.4. The average molecular weight is 363 g/mol. The third-order valence-corrected chi connectivity index (χ3v) is 5.86. The Morgan fingerprint density at radius 1 is 1.08 bits per heavy atom. The third-order valence-electron chi connectivity index (χ3n) is 4.75. The van der Waals surface area contributed by atoms with Crippen LogP contribution in [0, 0.1) is 6.92 Å². The van der Waals surface area contributed by atoms with Gasteiger partial charge in [-0.05, 0) is 47.7 Å². The SMILES string of the molecule is Cc1csc2c1cc(C(=O)c1ccc3ccccc3c1)n2C(C)C(=O)O. The van der Waals surface area contributed by atoms with Crippen molar-refractivity contribution in [2.75, 3.05) is 0 Å². The van der Waals surface area contributed by atoms with E-state index in [1.54, 1.807) is 17.6 Å². The van der Waals surface area contributed by atoms with Crippen molar-refractivity contribution >= 4 is 44.1 Å². The number of fused-ring (bicyclic) bond motifs is 2. The maximum Gasteiger partial charge on any atom is 0.326 e. The molecular weight excluding hydrogens is 346 g/mol. The number of carbonyl (C=O) groups excluding carboxylic acids is 1. The Morgan fingerprint density at radius 3 is 2.54 bits per heavy atom. The first kappa shape index (κ1) is 16.5. The van der Waals surface area contributed by atoms with Gasteiger partial charge in [-0.15, -0.1) is 11.3 Å². The number of hydrogen-bond donors (Lipinski definition) is 1. The standard InChI is InChI=1S/C21H17NO3S/c1-12-11-26-20-17(12)10-18(22(20)13(2)21(24)25)19(23)16-8-7-14-5-3-4-6-15(14)9-16/h3-11,13H,1-2H3,(H,24,25). The number of hydrogen-bond acceptors (Lipinski definition) is 3. The number of carbonyl (C=O) groups is 2. The topological polar surface area (TPSA) is 59.3 Å². The first-order valence-electron chi connectivity index (χ1n) is 8.32. The predicted molar refractivity (Wildman–Crippen MR) is 104 cm³/mol. The molecular formula is C21H17NO3S. The second kappa shape index (κ2) is 6.11. The van der Waals surface area contributed by atoms with Crippen LogP contribution in [0.1, 0.15) is 34.6 Å². The fraction of sp³-hybridized carbons (Fsp3) is 0.143. The Morgan fingerprint density at radius 2 is 1.81 bits per heavy atom. The van der Waals surface area contributed by atoms with Gasteiger partial charge in [-0.1, -0.05) is 36.4 Å². The van der Waals surface area contributed by atoms with Crippen LogP contribution in [-0.4, -0.2) is 21.4 Å². The van der Waals surface area contributed by atoms with Crippen LogP contribution < -0.4 is 0 Å². The summed E-state index contributed by atoms with van der Waals surface area (Å²) in [4.78, 5) is 25.6. The van der Waals surface area contributed by atoms with E-state index >= 15 is 0 Å². The first-order chi connectivity index (χ1) is 12.5. The summed E-state index contributed by atoms with van der Waals surface area (Å²) in [7, 11) is 0. The van der Waals surface area contributed by atoms with E-state index in [2.05, 4.69) is 0 Å². The van der Waals surface area contributed by atoms with E-state index < -0.39 is 12.0 Å². The van der Waals surface area contributed by atoms with E-state index in [-0.39, 0.29) is 5.78 Å². The lowest BCUT2D eigenvalue weighted by Crippen LogP contribution is -2.20. The summed E-state index contributed by atoms with van der Waals surface area (Å²) < 4.78 is 1.65. The highest BCUT2D eigenvalue weighted by Gasteiger charge is 2.25. The van der Waals surface area contributed by atoms with Gasteiger partial charge in [0.05, 0.1) is 5.69 Å². The fourth-order valence-corrected chi connectivity index (χ4v) is 4.40. The van der Waals surface area contributed by atoms with E-state index in [4.69, 9.17) is 0 Å². The summed E-state index contributed by atoms with van der Waals surface area (Å²) in [5.41, 5.74) is 2.03. The minimum absolute atomic E-state index is 0.161. The summed E-state index contributed by atoms with van der Waals surface area (Å²) in [5, 5.41) is 14.5. The van der Waals surface area contributed by atoms with Gasteiger partial charge in [0, 0.05) is 10.9 Å². The highest BCUT2D eigenvalue weighted by Crippen LogP contribution is 2.33. The van der Waals surface area contributed by atoms with Crippen molar-refractivity contribution in [3.63, 3.8) is 0 Å². The molecule has 4 nitrogen and oxygen atoms in total. The molecule has 2 aromatic carbocycles. The molecule has 0 bridgehead atoms. The molecule has 1 atom stereocenters. The van der Waals surface area contributed by atoms with Crippen molar-refractivity contribution < 1.29 is 14.7 Å². The second-order valence-electron chi connectivity index (χ2n) is 6.44. The quantitative estimate of drug-likeness (QED) is 0.517. The number of aliphatic carboxylic acids is 1. The minimum atomic E-state index is -0.957. The van der Waals surface area contributed by atoms with E-state index in [1.165, 1.54) is 11.3 Å². The number of thiophene rings is 1. The molecule has 0 radical (unpaired) electrons. The smallest absolute Gasteiger partial charge is 0.326 e. The number of nitrogens with zero attached hydrogens (tertiary/aromatic N) is 1. The van der Waals surface area contributed by atoms with E-state index in [1.807, 2.05) is 54.8 Å². The highest BCUT2D eigenvalue weighted by atomic mass is 32.1. The minimum Gasteiger partial charge on any atom is -0.480 e. The van der Waals surface area contributed by atoms with Gasteiger partial charge < -0.3 is 9.67 Å². The second-order valence-corrected chi connectivity index (χ2v) is 7.30. The molecule has 2 aromatic heterocycles. The summed E-state index contributed by atoms with van der Waals surface area (Å²) >= 11 is 1.47. The van der Waals surface area contributed by atoms with Crippen LogP contribution in [0.3, 0.4) is 0 Å². The zero-order valence-corrected chi connectivity index (χ0v) is 15.2. The van der Waals surface area contributed by atoms with E-state index in [0.717, 1.165) is 26.6 Å². The van der Waals surface area contributed by atoms with Gasteiger partial charge in [-0.25, -0.2) is 4.79 Å². The molecule has 0 saturated heterocycles. The number of aryl methyl sites for hydroxylation is 1. The molecule has 1 N–H and O–H groups in total. The Bertz CT molecular complexity index is 1170. The fourth-order valence-electron chi connectivity index (χ4n) is 3.27. The van der Waals surface area contributed by atoms with Gasteiger partial charge in [0.15, 0.2) is 0 Å². The van der Waals surface area contributed by atoms with Crippen molar-refractivity contribution in [3.8, 4) is 0 Å². The lowest BCUT2D eigenvalue weighted by Gasteiger charge is -2.14. The van der Waals surface area contributed by atoms with Crippen LogP contribution in [0.25, 0.3) is 21.0 Å². The van der Waals surface area contributed by atoms with Crippen LogP contribution in [0.5, 0.6) is 0 Å². The van der Waals surface area contributed by atoms with Crippen LogP contribution in [0.15, 0.2) is 53.9 Å². The number of carboxylic acids is 1. The van der Waals surface area contributed by atoms with Crippen LogP contribution in [0.2, 0.25) is 0 Å². The summed E-state index contributed by atoms with van der Waals surface area (Å²) in [6.45, 7) is 3.58. The molecule has 0 aliphatic carbocycles. The molecule has 4 rings (SSSR count). The zero-order valence-electron chi connectivity index (χ0n) is 14.4. The number of aromatic nitrogens is 1. The summed E-state index contributed by atoms with van der Waals surface area (Å²) in [5.74, 6) is -1.12. The van der Waals surface area contributed by atoms with Crippen molar-refractivity contribution in [2.24, 2.45) is 0 Å². The Balaban J connectivity index is 1.90. The number of carboxylic acid groups (broad SMARTS) is 1. The number of benzene rings is 2. The van der Waals surface area contributed by atoms with Gasteiger partial charge in [0.1, 0.15) is 10.9 Å². The molecule has 5 heteroatoms. The lowest BCUT2D eigenvalue weighted by molar-refractivity contribution is -0.140. The maximum atomic E-state index is 13.2. The third kappa shape index (κ3) is 2.52. The highest BCUT2D eigenvalue weighted by molar-refractivity contribution is 7.17. The van der Waals surface area contributed by atoms with Crippen molar-refractivity contribution in [3.05, 3.63) is 70.7 Å². The van der Waals surface area contributed by atoms with Crippen LogP contribution in [0.4, 0.5) is 0 Å². The van der Waals surface area contributed by atoms with Gasteiger partial charge >= 0.3 is 5.97 Å². The Labute approximate surface area is 154 Å². The Kier molecular flexibility index (Phi) is 3.89. The molecule has 26 heavy (non-hydrogen) atoms. The molecule has 0 aliphatic rings. The van der Waals surface area contributed by atoms with Crippen molar-refractivity contribution in [1.82, 2.24) is 4.57 Å². The number of rotatable bonds is 4. The molecule has 0 amide bonds. The van der Waals surface area contributed by atoms with E-state index in [0.29, 0.717) is 11.3 Å². The molecule has 2 heterocycles. The molecule has 0 aliphatic heterocycles. The molecule has 1 unspecified atom stereocenters. The first-order valence-corrected chi connectivity index (χ1v) is 9.20. The largest absolute Gasteiger partial charge is 0.480 e. The summed E-state index contributed by atoms with van der Waals surface area (Å²) in [6, 6.07) is 14.4. The predicted octanol–water partition coefficient (Wildman–Crippen LogP) is 5.04. The lowest BCUT2D eigenvalue weighted by atomic mass is 10.0. The molecule has 0 fully saturated rings. The monoisotopic (exact) mass is 363 g/mol. The number of ketones is 1. The van der Waals surface area contributed by atoms with Crippen LogP contribution in [-0.2, 0) is 4.79 Å². The average Bonchev–Trinajstić information content (AvgIpc) is 3.19. The molecule has 130 valence electrons. The summed E-state index contributed by atoms with van der Waals surface area (Å²) in [6.07, 6.45) is 0. The van der Waals surface area contributed by atoms with Crippen molar-refractivity contribution in [2.45, 2.75) is 19.9 Å². The van der Waals surface area contributed by atoms with Gasteiger partial charge in [-0.2, -0.15) is 0 Å². The van der Waals surface area contributed by atoms with Gasteiger partial charge in [0.25, 0.3) is 0 Å². The molecule has 0 saturated carbocycles. The van der Waals surface area contributed by atoms with Crippen molar-refractivity contribution in [1.29, 1.82) is 0 Å². The van der Waals surface area contributed by atoms with Crippen LogP contribution >= 0.6 is 11.3 Å². The van der Waals surface area contributed by atoms with E-state index in [9.17, 15) is 14.7 Å².